The Morgan fingerprint density at radius 3 is 2.24 bits per heavy atom. The van der Waals surface area contributed by atoms with Crippen molar-refractivity contribution in [1.82, 2.24) is 14.7 Å². The number of halogens is 1. The second-order valence-electron chi connectivity index (χ2n) is 7.06. The number of ether oxygens (including phenoxy) is 1. The molecule has 0 unspecified atom stereocenters. The van der Waals surface area contributed by atoms with Crippen LogP contribution in [-0.4, -0.2) is 32.5 Å². The van der Waals surface area contributed by atoms with Crippen LogP contribution in [0.25, 0.3) is 10.9 Å². The Morgan fingerprint density at radius 2 is 1.58 bits per heavy atom. The zero-order chi connectivity index (χ0) is 22.6. The van der Waals surface area contributed by atoms with Gasteiger partial charge in [0.2, 0.25) is 16.0 Å². The molecule has 0 saturated heterocycles. The van der Waals surface area contributed by atoms with Gasteiger partial charge in [0.15, 0.2) is 0 Å². The summed E-state index contributed by atoms with van der Waals surface area (Å²) < 4.78 is 31.2. The van der Waals surface area contributed by atoms with Crippen LogP contribution in [-0.2, 0) is 15.8 Å². The van der Waals surface area contributed by atoms with Gasteiger partial charge >= 0.3 is 0 Å². The number of methoxy groups -OCH3 is 1. The predicted molar refractivity (Wildman–Crippen MR) is 134 cm³/mol. The second kappa shape index (κ2) is 10.5. The van der Waals surface area contributed by atoms with E-state index in [1.807, 2.05) is 48.5 Å². The van der Waals surface area contributed by atoms with E-state index in [2.05, 4.69) is 25.3 Å². The number of para-hydroxylation sites is 1. The maximum atomic E-state index is 11.7. The van der Waals surface area contributed by atoms with Gasteiger partial charge < -0.3 is 15.4 Å². The van der Waals surface area contributed by atoms with Crippen LogP contribution in [0.4, 0.5) is 23.1 Å². The molecular formula is C23H24ClN5O3S. The zero-order valence-corrected chi connectivity index (χ0v) is 19.7. The standard InChI is InChI=1S/C23H23N5O3S.ClH/c1-24-32(29,30)15-16-8-10-18(11-9-16)26-23-27-21-13-12-19(31-2)14-20(21)22(28-23)25-17-6-4-3-5-7-17;/h3-14,24H,15H2,1-2H3,(H2,25,26,27,28);1H. The number of hydrogen-bond donors (Lipinski definition) is 3. The molecule has 3 N–H and O–H groups in total. The fraction of sp³-hybridized carbons (Fsp3) is 0.130. The van der Waals surface area contributed by atoms with Gasteiger partial charge in [0.05, 0.1) is 18.4 Å². The number of aromatic nitrogens is 2. The first-order valence-corrected chi connectivity index (χ1v) is 11.6. The van der Waals surface area contributed by atoms with Crippen LogP contribution in [0.5, 0.6) is 5.75 Å². The number of benzene rings is 3. The summed E-state index contributed by atoms with van der Waals surface area (Å²) in [7, 11) is -0.303. The lowest BCUT2D eigenvalue weighted by atomic mass is 10.2. The van der Waals surface area contributed by atoms with Gasteiger partial charge in [0.1, 0.15) is 11.6 Å². The molecule has 0 amide bonds. The maximum absolute atomic E-state index is 11.7. The molecule has 0 bridgehead atoms. The van der Waals surface area contributed by atoms with Crippen molar-refractivity contribution in [2.75, 3.05) is 24.8 Å². The van der Waals surface area contributed by atoms with Crippen molar-refractivity contribution in [3.05, 3.63) is 78.4 Å². The van der Waals surface area contributed by atoms with E-state index >= 15 is 0 Å². The Labute approximate surface area is 198 Å². The first-order chi connectivity index (χ1) is 15.5. The third-order valence-electron chi connectivity index (χ3n) is 4.82. The number of hydrogen-bond acceptors (Lipinski definition) is 7. The topological polar surface area (TPSA) is 105 Å². The molecule has 0 atom stereocenters. The highest BCUT2D eigenvalue weighted by Gasteiger charge is 2.11. The lowest BCUT2D eigenvalue weighted by molar-refractivity contribution is 0.415. The van der Waals surface area contributed by atoms with Crippen molar-refractivity contribution in [2.24, 2.45) is 0 Å². The van der Waals surface area contributed by atoms with E-state index in [-0.39, 0.29) is 18.2 Å². The van der Waals surface area contributed by atoms with E-state index in [9.17, 15) is 8.42 Å². The molecule has 0 aliphatic carbocycles. The summed E-state index contributed by atoms with van der Waals surface area (Å²) >= 11 is 0. The molecule has 0 aliphatic rings. The summed E-state index contributed by atoms with van der Waals surface area (Å²) in [5.41, 5.74) is 3.08. The molecule has 3 aromatic carbocycles. The number of nitrogens with zero attached hydrogens (tertiary/aromatic N) is 2. The molecule has 0 spiro atoms. The van der Waals surface area contributed by atoms with E-state index in [1.165, 1.54) is 7.05 Å². The summed E-state index contributed by atoms with van der Waals surface area (Å²) in [5, 5.41) is 7.37. The van der Waals surface area contributed by atoms with Crippen LogP contribution in [0.1, 0.15) is 5.56 Å². The van der Waals surface area contributed by atoms with Crippen LogP contribution in [0.2, 0.25) is 0 Å². The minimum atomic E-state index is -3.32. The second-order valence-corrected chi connectivity index (χ2v) is 8.98. The highest BCUT2D eigenvalue weighted by Crippen LogP contribution is 2.29. The number of anilines is 4. The van der Waals surface area contributed by atoms with Gasteiger partial charge in [-0.1, -0.05) is 30.3 Å². The molecule has 0 radical (unpaired) electrons. The van der Waals surface area contributed by atoms with Crippen LogP contribution < -0.4 is 20.1 Å². The highest BCUT2D eigenvalue weighted by atomic mass is 35.5. The minimum absolute atomic E-state index is 0. The fourth-order valence-corrected chi connectivity index (χ4v) is 3.92. The summed E-state index contributed by atoms with van der Waals surface area (Å²) in [6, 6.07) is 22.5. The molecule has 4 rings (SSSR count). The number of nitrogens with one attached hydrogen (secondary N) is 3. The molecule has 4 aromatic rings. The predicted octanol–water partition coefficient (Wildman–Crippen LogP) is 4.60. The van der Waals surface area contributed by atoms with Crippen molar-refractivity contribution in [3.8, 4) is 5.75 Å². The molecule has 0 fully saturated rings. The third kappa shape index (κ3) is 6.10. The Morgan fingerprint density at radius 1 is 0.879 bits per heavy atom. The molecule has 8 nitrogen and oxygen atoms in total. The van der Waals surface area contributed by atoms with Gasteiger partial charge in [-0.15, -0.1) is 12.4 Å². The summed E-state index contributed by atoms with van der Waals surface area (Å²) in [6.07, 6.45) is 0. The lowest BCUT2D eigenvalue weighted by Crippen LogP contribution is -2.20. The van der Waals surface area contributed by atoms with Crippen molar-refractivity contribution in [2.45, 2.75) is 5.75 Å². The van der Waals surface area contributed by atoms with E-state index in [0.29, 0.717) is 23.1 Å². The minimum Gasteiger partial charge on any atom is -0.497 e. The SMILES string of the molecule is CNS(=O)(=O)Cc1ccc(Nc2nc(Nc3ccccc3)c3cc(OC)ccc3n2)cc1.Cl. The molecule has 172 valence electrons. The molecule has 1 aromatic heterocycles. The van der Waals surface area contributed by atoms with Crippen molar-refractivity contribution >= 4 is 56.5 Å². The average Bonchev–Trinajstić information content (AvgIpc) is 2.81. The lowest BCUT2D eigenvalue weighted by Gasteiger charge is -2.13. The number of rotatable bonds is 8. The Hall–Kier alpha value is -3.40. The van der Waals surface area contributed by atoms with Gasteiger partial charge in [0.25, 0.3) is 0 Å². The van der Waals surface area contributed by atoms with E-state index < -0.39 is 10.0 Å². The van der Waals surface area contributed by atoms with Gasteiger partial charge in [0, 0.05) is 16.8 Å². The molecule has 10 heteroatoms. The quantitative estimate of drug-likeness (QED) is 0.335. The highest BCUT2D eigenvalue weighted by molar-refractivity contribution is 7.88. The number of sulfonamides is 1. The van der Waals surface area contributed by atoms with Crippen LogP contribution >= 0.6 is 12.4 Å². The van der Waals surface area contributed by atoms with E-state index in [1.54, 1.807) is 31.4 Å². The summed E-state index contributed by atoms with van der Waals surface area (Å²) in [5.74, 6) is 1.68. The molecule has 1 heterocycles. The third-order valence-corrected chi connectivity index (χ3v) is 6.15. The molecular weight excluding hydrogens is 462 g/mol. The first-order valence-electron chi connectivity index (χ1n) is 9.91. The van der Waals surface area contributed by atoms with Gasteiger partial charge in [-0.05, 0) is 55.1 Å². The molecule has 0 saturated carbocycles. The van der Waals surface area contributed by atoms with Gasteiger partial charge in [-0.3, -0.25) is 0 Å². The maximum Gasteiger partial charge on any atom is 0.229 e. The first kappa shape index (κ1) is 24.2. The van der Waals surface area contributed by atoms with E-state index in [4.69, 9.17) is 4.74 Å². The van der Waals surface area contributed by atoms with Crippen molar-refractivity contribution in [3.63, 3.8) is 0 Å². The normalized spacial score (nSPS) is 11.0. The Bertz CT molecular complexity index is 1330. The van der Waals surface area contributed by atoms with Crippen molar-refractivity contribution < 1.29 is 13.2 Å². The van der Waals surface area contributed by atoms with Crippen molar-refractivity contribution in [1.29, 1.82) is 0 Å². The summed E-state index contributed by atoms with van der Waals surface area (Å²) in [4.78, 5) is 9.29. The zero-order valence-electron chi connectivity index (χ0n) is 18.1. The fourth-order valence-electron chi connectivity index (χ4n) is 3.15. The van der Waals surface area contributed by atoms with E-state index in [0.717, 1.165) is 22.3 Å². The van der Waals surface area contributed by atoms with Gasteiger partial charge in [-0.25, -0.2) is 18.1 Å². The summed E-state index contributed by atoms with van der Waals surface area (Å²) in [6.45, 7) is 0. The number of fused-ring (bicyclic) bond motifs is 1. The van der Waals surface area contributed by atoms with Crippen LogP contribution in [0.3, 0.4) is 0 Å². The van der Waals surface area contributed by atoms with Gasteiger partial charge in [-0.2, -0.15) is 4.98 Å². The Balaban J connectivity index is 0.00000306. The largest absolute Gasteiger partial charge is 0.497 e. The van der Waals surface area contributed by atoms with Crippen LogP contribution in [0, 0.1) is 0 Å². The smallest absolute Gasteiger partial charge is 0.229 e. The molecule has 33 heavy (non-hydrogen) atoms. The monoisotopic (exact) mass is 485 g/mol. The molecule has 0 aliphatic heterocycles. The van der Waals surface area contributed by atoms with Crippen LogP contribution in [0.15, 0.2) is 72.8 Å². The Kier molecular flexibility index (Phi) is 7.70. The average molecular weight is 486 g/mol.